The van der Waals surface area contributed by atoms with Crippen molar-refractivity contribution >= 4 is 11.6 Å². The number of aromatic nitrogens is 2. The molecule has 1 rings (SSSR count). The Labute approximate surface area is 90.8 Å². The average molecular weight is 260 g/mol. The van der Waals surface area contributed by atoms with Gasteiger partial charge in [-0.15, -0.1) is 0 Å². The third kappa shape index (κ3) is 4.33. The van der Waals surface area contributed by atoms with Crippen LogP contribution in [-0.2, 0) is 6.18 Å². The number of nitrogens with zero attached hydrogens (tertiary/aromatic N) is 2. The van der Waals surface area contributed by atoms with E-state index in [1.165, 1.54) is 0 Å². The lowest BCUT2D eigenvalue weighted by molar-refractivity contribution is -0.144. The molecule has 4 nitrogen and oxygen atoms in total. The molecule has 0 fully saturated rings. The maximum Gasteiger partial charge on any atom is 0.451 e. The predicted octanol–water partition coefficient (Wildman–Crippen LogP) is 2.05. The van der Waals surface area contributed by atoms with Gasteiger partial charge in [0.1, 0.15) is 18.2 Å². The largest absolute Gasteiger partial charge is 0.451 e. The number of halogens is 6. The van der Waals surface area contributed by atoms with Crippen LogP contribution in [0.4, 0.5) is 38.0 Å². The lowest BCUT2D eigenvalue weighted by Gasteiger charge is -2.11. The van der Waals surface area contributed by atoms with Crippen LogP contribution in [0.2, 0.25) is 0 Å². The first-order valence-corrected chi connectivity index (χ1v) is 4.10. The highest BCUT2D eigenvalue weighted by Gasteiger charge is 2.35. The zero-order chi connectivity index (χ0) is 13.3. The van der Waals surface area contributed by atoms with Crippen molar-refractivity contribution < 1.29 is 26.3 Å². The minimum atomic E-state index is -4.87. The molecule has 3 N–H and O–H groups in total. The van der Waals surface area contributed by atoms with E-state index in [9.17, 15) is 26.3 Å². The summed E-state index contributed by atoms with van der Waals surface area (Å²) in [5.74, 6) is -2.80. The van der Waals surface area contributed by atoms with Gasteiger partial charge in [-0.3, -0.25) is 0 Å². The van der Waals surface area contributed by atoms with Crippen LogP contribution in [0.1, 0.15) is 5.82 Å². The predicted molar refractivity (Wildman–Crippen MR) is 46.0 cm³/mol. The Bertz CT molecular complexity index is 398. The van der Waals surface area contributed by atoms with Gasteiger partial charge in [-0.05, 0) is 0 Å². The van der Waals surface area contributed by atoms with Gasteiger partial charge in [0.05, 0.1) is 0 Å². The minimum absolute atomic E-state index is 0.572. The first kappa shape index (κ1) is 13.3. The Morgan fingerprint density at radius 1 is 1.12 bits per heavy atom. The number of hydrogen-bond donors (Lipinski definition) is 2. The molecule has 0 saturated heterocycles. The van der Waals surface area contributed by atoms with E-state index >= 15 is 0 Å². The number of nitrogens with two attached hydrogens (primary N) is 1. The topological polar surface area (TPSA) is 63.8 Å². The van der Waals surface area contributed by atoms with Crippen LogP contribution in [0, 0.1) is 0 Å². The van der Waals surface area contributed by atoms with Gasteiger partial charge in [0.15, 0.2) is 0 Å². The highest BCUT2D eigenvalue weighted by molar-refractivity contribution is 5.45. The van der Waals surface area contributed by atoms with Gasteiger partial charge < -0.3 is 11.1 Å². The minimum Gasteiger partial charge on any atom is -0.384 e. The van der Waals surface area contributed by atoms with E-state index in [1.54, 1.807) is 5.32 Å². The Kier molecular flexibility index (Phi) is 3.34. The second-order valence-corrected chi connectivity index (χ2v) is 2.97. The molecule has 0 saturated carbocycles. The van der Waals surface area contributed by atoms with Crippen molar-refractivity contribution in [1.29, 1.82) is 0 Å². The molecule has 0 aliphatic rings. The fourth-order valence-electron chi connectivity index (χ4n) is 0.874. The SMILES string of the molecule is Nc1cc(NCC(F)(F)F)nc(C(F)(F)F)n1. The second kappa shape index (κ2) is 4.26. The van der Waals surface area contributed by atoms with Gasteiger partial charge in [-0.1, -0.05) is 0 Å². The Morgan fingerprint density at radius 3 is 2.18 bits per heavy atom. The lowest BCUT2D eigenvalue weighted by Crippen LogP contribution is -2.23. The first-order valence-electron chi connectivity index (χ1n) is 4.10. The van der Waals surface area contributed by atoms with Crippen LogP contribution in [0.3, 0.4) is 0 Å². The molecule has 1 heterocycles. The van der Waals surface area contributed by atoms with Crippen molar-refractivity contribution in [2.45, 2.75) is 12.4 Å². The number of rotatable bonds is 2. The van der Waals surface area contributed by atoms with E-state index in [4.69, 9.17) is 5.73 Å². The summed E-state index contributed by atoms with van der Waals surface area (Å²) in [7, 11) is 0. The van der Waals surface area contributed by atoms with Crippen LogP contribution < -0.4 is 11.1 Å². The van der Waals surface area contributed by atoms with Gasteiger partial charge in [0.2, 0.25) is 5.82 Å². The van der Waals surface area contributed by atoms with Crippen molar-refractivity contribution in [3.8, 4) is 0 Å². The standard InChI is InChI=1S/C7H6F6N4/c8-6(9,10)2-15-4-1-3(14)16-5(17-4)7(11,12)13/h1H,2H2,(H3,14,15,16,17). The molecule has 0 atom stereocenters. The zero-order valence-corrected chi connectivity index (χ0v) is 8.02. The average Bonchev–Trinajstić information content (AvgIpc) is 2.11. The number of alkyl halides is 6. The smallest absolute Gasteiger partial charge is 0.384 e. The van der Waals surface area contributed by atoms with Crippen LogP contribution in [0.25, 0.3) is 0 Å². The van der Waals surface area contributed by atoms with E-state index in [2.05, 4.69) is 9.97 Å². The summed E-state index contributed by atoms with van der Waals surface area (Å²) in [5, 5.41) is 1.68. The summed E-state index contributed by atoms with van der Waals surface area (Å²) in [6.07, 6.45) is -9.44. The van der Waals surface area contributed by atoms with Gasteiger partial charge in [-0.2, -0.15) is 26.3 Å². The molecular weight excluding hydrogens is 254 g/mol. The van der Waals surface area contributed by atoms with Crippen molar-refractivity contribution in [2.75, 3.05) is 17.6 Å². The highest BCUT2D eigenvalue weighted by Crippen LogP contribution is 2.28. The van der Waals surface area contributed by atoms with E-state index < -0.39 is 36.4 Å². The van der Waals surface area contributed by atoms with E-state index in [0.717, 1.165) is 6.07 Å². The molecule has 17 heavy (non-hydrogen) atoms. The van der Waals surface area contributed by atoms with E-state index in [1.807, 2.05) is 0 Å². The maximum absolute atomic E-state index is 12.2. The first-order chi connectivity index (χ1) is 7.58. The normalized spacial score (nSPS) is 12.6. The molecule has 0 spiro atoms. The van der Waals surface area contributed by atoms with Crippen molar-refractivity contribution in [3.05, 3.63) is 11.9 Å². The fourth-order valence-corrected chi connectivity index (χ4v) is 0.874. The molecule has 0 unspecified atom stereocenters. The molecule has 1 aromatic rings. The molecule has 0 bridgehead atoms. The van der Waals surface area contributed by atoms with Gasteiger partial charge in [0.25, 0.3) is 0 Å². The van der Waals surface area contributed by atoms with Crippen LogP contribution in [0.15, 0.2) is 6.07 Å². The summed E-state index contributed by atoms with van der Waals surface area (Å²) in [6.45, 7) is -1.51. The number of nitrogen functional groups attached to an aromatic ring is 1. The summed E-state index contributed by atoms with van der Waals surface area (Å²) in [6, 6.07) is 0.779. The van der Waals surface area contributed by atoms with Crippen LogP contribution in [0.5, 0.6) is 0 Å². The fraction of sp³-hybridized carbons (Fsp3) is 0.429. The molecule has 0 amide bonds. The van der Waals surface area contributed by atoms with Crippen LogP contribution >= 0.6 is 0 Å². The third-order valence-electron chi connectivity index (χ3n) is 1.47. The molecule has 0 aliphatic carbocycles. The molecule has 96 valence electrons. The second-order valence-electron chi connectivity index (χ2n) is 2.97. The molecule has 0 radical (unpaired) electrons. The number of anilines is 2. The number of nitrogens with one attached hydrogen (secondary N) is 1. The monoisotopic (exact) mass is 260 g/mol. The van der Waals surface area contributed by atoms with Crippen LogP contribution in [-0.4, -0.2) is 22.7 Å². The summed E-state index contributed by atoms with van der Waals surface area (Å²) >= 11 is 0. The van der Waals surface area contributed by atoms with Gasteiger partial charge in [-0.25, -0.2) is 9.97 Å². The molecular formula is C7H6F6N4. The Morgan fingerprint density at radius 2 is 1.71 bits per heavy atom. The maximum atomic E-state index is 12.2. The highest BCUT2D eigenvalue weighted by atomic mass is 19.4. The zero-order valence-electron chi connectivity index (χ0n) is 8.02. The lowest BCUT2D eigenvalue weighted by atomic mass is 10.4. The molecule has 0 aromatic carbocycles. The third-order valence-corrected chi connectivity index (χ3v) is 1.47. The van der Waals surface area contributed by atoms with Crippen molar-refractivity contribution in [1.82, 2.24) is 9.97 Å². The number of hydrogen-bond acceptors (Lipinski definition) is 4. The van der Waals surface area contributed by atoms with E-state index in [0.29, 0.717) is 0 Å². The molecule has 10 heteroatoms. The Hall–Kier alpha value is -1.74. The quantitative estimate of drug-likeness (QED) is 0.799. The molecule has 0 aliphatic heterocycles. The van der Waals surface area contributed by atoms with Gasteiger partial charge in [0, 0.05) is 6.07 Å². The van der Waals surface area contributed by atoms with Gasteiger partial charge >= 0.3 is 12.4 Å². The Balaban J connectivity index is 2.91. The molecule has 1 aromatic heterocycles. The van der Waals surface area contributed by atoms with E-state index in [-0.39, 0.29) is 0 Å². The van der Waals surface area contributed by atoms with Crippen molar-refractivity contribution in [2.24, 2.45) is 0 Å². The van der Waals surface area contributed by atoms with Crippen molar-refractivity contribution in [3.63, 3.8) is 0 Å². The summed E-state index contributed by atoms with van der Waals surface area (Å²) < 4.78 is 72.0. The summed E-state index contributed by atoms with van der Waals surface area (Å²) in [5.41, 5.74) is 5.02. The summed E-state index contributed by atoms with van der Waals surface area (Å²) in [4.78, 5) is 5.75.